The molecule has 10 aromatic rings. The van der Waals surface area contributed by atoms with E-state index in [9.17, 15) is 0 Å². The first-order valence-corrected chi connectivity index (χ1v) is 16.1. The molecule has 6 nitrogen and oxygen atoms in total. The Morgan fingerprint density at radius 2 is 1.22 bits per heavy atom. The fourth-order valence-corrected chi connectivity index (χ4v) is 6.95. The number of rotatable bonds is 5. The Kier molecular flexibility index (Phi) is 7.24. The summed E-state index contributed by atoms with van der Waals surface area (Å²) in [6, 6.07) is 54.3. The SMILES string of the molecule is [Pd+2].[c-]1c(Oc2[c-]c3c(cc2)c2ccccc2n3-c2ccccn2)ccc2c1c1nc(-c3ccccc3)c(-c3ccccc3)n1c1cccnc21. The molecule has 7 heteroatoms. The van der Waals surface area contributed by atoms with E-state index in [2.05, 4.69) is 98.9 Å². The van der Waals surface area contributed by atoms with E-state index in [0.717, 1.165) is 77.6 Å². The molecule has 0 aliphatic rings. The minimum atomic E-state index is 0. The van der Waals surface area contributed by atoms with Gasteiger partial charge in [-0.1, -0.05) is 113 Å². The van der Waals surface area contributed by atoms with Crippen LogP contribution in [0, 0.1) is 12.1 Å². The summed E-state index contributed by atoms with van der Waals surface area (Å²) < 4.78 is 10.9. The average Bonchev–Trinajstić information content (AvgIpc) is 3.73. The number of nitrogens with zero attached hydrogens (tertiary/aromatic N) is 5. The van der Waals surface area contributed by atoms with E-state index >= 15 is 0 Å². The van der Waals surface area contributed by atoms with Gasteiger partial charge >= 0.3 is 20.4 Å². The molecule has 0 unspecified atom stereocenters. The molecule has 0 N–H and O–H groups in total. The van der Waals surface area contributed by atoms with Gasteiger partial charge in [-0.25, -0.2) is 4.98 Å². The van der Waals surface area contributed by atoms with Crippen molar-refractivity contribution < 1.29 is 25.2 Å². The van der Waals surface area contributed by atoms with Crippen molar-refractivity contribution in [1.29, 1.82) is 0 Å². The third-order valence-corrected chi connectivity index (χ3v) is 9.05. The molecule has 0 radical (unpaired) electrons. The van der Waals surface area contributed by atoms with Gasteiger partial charge in [-0.3, -0.25) is 9.97 Å². The smallest absolute Gasteiger partial charge is 0.503 e. The van der Waals surface area contributed by atoms with E-state index in [4.69, 9.17) is 14.7 Å². The number of aromatic nitrogens is 5. The summed E-state index contributed by atoms with van der Waals surface area (Å²) >= 11 is 0. The minimum Gasteiger partial charge on any atom is -0.503 e. The molecule has 0 spiro atoms. The van der Waals surface area contributed by atoms with Gasteiger partial charge in [0.25, 0.3) is 0 Å². The molecule has 50 heavy (non-hydrogen) atoms. The Hall–Kier alpha value is -6.13. The number of hydrogen-bond donors (Lipinski definition) is 0. The van der Waals surface area contributed by atoms with E-state index in [-0.39, 0.29) is 20.4 Å². The molecule has 5 heterocycles. The number of benzene rings is 5. The molecular weight excluding hydrogens is 709 g/mol. The Labute approximate surface area is 300 Å². The van der Waals surface area contributed by atoms with Crippen molar-refractivity contribution in [2.24, 2.45) is 0 Å². The monoisotopic (exact) mass is 733 g/mol. The minimum absolute atomic E-state index is 0. The molecule has 0 bridgehead atoms. The predicted molar refractivity (Wildman–Crippen MR) is 195 cm³/mol. The number of ether oxygens (including phenoxy) is 1. The second-order valence-electron chi connectivity index (χ2n) is 11.9. The van der Waals surface area contributed by atoms with Crippen LogP contribution in [0.5, 0.6) is 11.5 Å². The van der Waals surface area contributed by atoms with Gasteiger partial charge in [0, 0.05) is 35.0 Å². The van der Waals surface area contributed by atoms with Crippen LogP contribution in [0.15, 0.2) is 152 Å². The van der Waals surface area contributed by atoms with Gasteiger partial charge in [-0.2, -0.15) is 6.07 Å². The summed E-state index contributed by atoms with van der Waals surface area (Å²) in [7, 11) is 0. The van der Waals surface area contributed by atoms with Gasteiger partial charge in [-0.15, -0.1) is 23.6 Å². The van der Waals surface area contributed by atoms with Gasteiger partial charge in [0.05, 0.1) is 28.1 Å². The standard InChI is InChI=1S/C43H25N5O.Pd/c1-3-12-28(13-4-1)40-42(29-14-5-2-6-15-29)48-37-18-11-25-45-41(37)34-23-21-30(26-35(34)43(48)46-40)49-31-20-22-33-32-16-7-8-17-36(32)47(38(33)27-31)39-19-9-10-24-44-39;/h1-25H;/q-2;+2. The molecule has 0 amide bonds. The van der Waals surface area contributed by atoms with Crippen molar-refractivity contribution in [3.8, 4) is 39.8 Å². The third-order valence-electron chi connectivity index (χ3n) is 9.05. The molecule has 0 aliphatic carbocycles. The normalized spacial score (nSPS) is 11.4. The molecule has 0 atom stereocenters. The van der Waals surface area contributed by atoms with Gasteiger partial charge in [0.15, 0.2) is 0 Å². The molecule has 0 saturated carbocycles. The van der Waals surface area contributed by atoms with Crippen molar-refractivity contribution in [3.63, 3.8) is 0 Å². The molecule has 5 aromatic heterocycles. The van der Waals surface area contributed by atoms with Crippen LogP contribution in [0.25, 0.3) is 77.6 Å². The van der Waals surface area contributed by atoms with Crippen LogP contribution in [-0.2, 0) is 20.4 Å². The maximum absolute atomic E-state index is 6.55. The second kappa shape index (κ2) is 12.1. The van der Waals surface area contributed by atoms with Gasteiger partial charge in [0.1, 0.15) is 5.82 Å². The predicted octanol–water partition coefficient (Wildman–Crippen LogP) is 10.3. The average molecular weight is 734 g/mol. The van der Waals surface area contributed by atoms with Crippen molar-refractivity contribution in [2.45, 2.75) is 0 Å². The molecule has 0 aliphatic heterocycles. The molecule has 0 saturated heterocycles. The molecule has 238 valence electrons. The first-order chi connectivity index (χ1) is 24.3. The van der Waals surface area contributed by atoms with Crippen LogP contribution in [-0.4, -0.2) is 23.9 Å². The summed E-state index contributed by atoms with van der Waals surface area (Å²) in [4.78, 5) is 14.8. The number of fused-ring (bicyclic) bond motifs is 9. The molecule has 0 fully saturated rings. The zero-order valence-electron chi connectivity index (χ0n) is 26.4. The molecular formula is C43H25N5OPd. The van der Waals surface area contributed by atoms with E-state index in [1.165, 1.54) is 0 Å². The quantitative estimate of drug-likeness (QED) is 0.100. The van der Waals surface area contributed by atoms with Gasteiger partial charge in [0.2, 0.25) is 0 Å². The number of para-hydroxylation sites is 1. The third kappa shape index (κ3) is 4.71. The van der Waals surface area contributed by atoms with Crippen molar-refractivity contribution in [1.82, 2.24) is 23.9 Å². The first kappa shape index (κ1) is 30.0. The zero-order valence-corrected chi connectivity index (χ0v) is 27.9. The van der Waals surface area contributed by atoms with Crippen molar-refractivity contribution in [3.05, 3.63) is 164 Å². The Morgan fingerprint density at radius 1 is 0.540 bits per heavy atom. The summed E-state index contributed by atoms with van der Waals surface area (Å²) in [5, 5.41) is 3.99. The second-order valence-corrected chi connectivity index (χ2v) is 11.9. The van der Waals surface area contributed by atoms with Crippen LogP contribution in [0.3, 0.4) is 0 Å². The number of pyridine rings is 3. The van der Waals surface area contributed by atoms with Crippen LogP contribution < -0.4 is 4.74 Å². The number of imidazole rings is 1. The summed E-state index contributed by atoms with van der Waals surface area (Å²) in [5.41, 5.74) is 8.58. The maximum Gasteiger partial charge on any atom is 2.00 e. The topological polar surface area (TPSA) is 57.2 Å². The van der Waals surface area contributed by atoms with Gasteiger partial charge in [-0.05, 0) is 41.3 Å². The first-order valence-electron chi connectivity index (χ1n) is 16.1. The fraction of sp³-hybridized carbons (Fsp3) is 0. The Bertz CT molecular complexity index is 2850. The largest absolute Gasteiger partial charge is 2.00 e. The Balaban J connectivity index is 0.00000336. The Morgan fingerprint density at radius 3 is 2.02 bits per heavy atom. The van der Waals surface area contributed by atoms with E-state index in [1.54, 1.807) is 0 Å². The van der Waals surface area contributed by atoms with Crippen LogP contribution in [0.2, 0.25) is 0 Å². The summed E-state index contributed by atoms with van der Waals surface area (Å²) in [6.07, 6.45) is 3.64. The molecule has 10 rings (SSSR count). The van der Waals surface area contributed by atoms with Crippen molar-refractivity contribution in [2.75, 3.05) is 0 Å². The van der Waals surface area contributed by atoms with E-state index in [0.29, 0.717) is 11.5 Å². The van der Waals surface area contributed by atoms with Crippen molar-refractivity contribution >= 4 is 49.3 Å². The summed E-state index contributed by atoms with van der Waals surface area (Å²) in [6.45, 7) is 0. The van der Waals surface area contributed by atoms with Gasteiger partial charge < -0.3 is 13.7 Å². The summed E-state index contributed by atoms with van der Waals surface area (Å²) in [5.74, 6) is 1.96. The van der Waals surface area contributed by atoms with Crippen LogP contribution in [0.4, 0.5) is 0 Å². The fourth-order valence-electron chi connectivity index (χ4n) is 6.95. The van der Waals surface area contributed by atoms with E-state index in [1.807, 2.05) is 79.1 Å². The molecule has 5 aromatic carbocycles. The van der Waals surface area contributed by atoms with Crippen LogP contribution >= 0.6 is 0 Å². The van der Waals surface area contributed by atoms with E-state index < -0.39 is 0 Å². The zero-order chi connectivity index (χ0) is 32.3. The number of hydrogen-bond acceptors (Lipinski definition) is 4. The maximum atomic E-state index is 6.55. The van der Waals surface area contributed by atoms with Crippen LogP contribution in [0.1, 0.15) is 0 Å².